The van der Waals surface area contributed by atoms with Crippen molar-refractivity contribution in [2.45, 2.75) is 37.1 Å². The van der Waals surface area contributed by atoms with Gasteiger partial charge in [-0.3, -0.25) is 4.79 Å². The molecule has 0 fully saturated rings. The van der Waals surface area contributed by atoms with Crippen molar-refractivity contribution in [2.24, 2.45) is 0 Å². The highest BCUT2D eigenvalue weighted by Gasteiger charge is 2.16. The van der Waals surface area contributed by atoms with E-state index in [1.165, 1.54) is 24.6 Å². The van der Waals surface area contributed by atoms with Crippen molar-refractivity contribution in [1.82, 2.24) is 14.8 Å². The molecule has 2 heterocycles. The number of benzene rings is 2. The van der Waals surface area contributed by atoms with Crippen LogP contribution < -0.4 is 5.32 Å². The maximum absolute atomic E-state index is 12.3. The van der Waals surface area contributed by atoms with Crippen LogP contribution in [0.25, 0.3) is 11.4 Å². The minimum Gasteiger partial charge on any atom is -0.325 e. The molecule has 0 spiro atoms. The van der Waals surface area contributed by atoms with E-state index < -0.39 is 0 Å². The summed E-state index contributed by atoms with van der Waals surface area (Å²) in [5, 5.41) is 12.8. The van der Waals surface area contributed by atoms with Gasteiger partial charge in [0, 0.05) is 34.1 Å². The number of thioether (sulfide) groups is 1. The summed E-state index contributed by atoms with van der Waals surface area (Å²) in [5.74, 6) is 2.10. The van der Waals surface area contributed by atoms with E-state index in [0.29, 0.717) is 10.0 Å². The number of fused-ring (bicyclic) bond motifs is 1. The molecule has 2 aromatic carbocycles. The first-order chi connectivity index (χ1) is 14.1. The van der Waals surface area contributed by atoms with Crippen LogP contribution in [0.4, 0.5) is 5.69 Å². The Balaban J connectivity index is 1.39. The highest BCUT2D eigenvalue weighted by Crippen LogP contribution is 2.30. The number of rotatable bonds is 5. The Hall–Kier alpha value is -2.02. The zero-order chi connectivity index (χ0) is 20.2. The summed E-state index contributed by atoms with van der Waals surface area (Å²) >= 11 is 13.5. The molecule has 0 atom stereocenters. The monoisotopic (exact) mass is 446 g/mol. The number of amides is 1. The molecule has 150 valence electrons. The first kappa shape index (κ1) is 20.3. The second-order valence-electron chi connectivity index (χ2n) is 6.89. The van der Waals surface area contributed by atoms with E-state index in [9.17, 15) is 4.79 Å². The average Bonchev–Trinajstić information content (AvgIpc) is 2.97. The van der Waals surface area contributed by atoms with E-state index in [-0.39, 0.29) is 11.7 Å². The van der Waals surface area contributed by atoms with Crippen LogP contribution in [0.15, 0.2) is 47.4 Å². The zero-order valence-corrected chi connectivity index (χ0v) is 18.0. The molecule has 5 nitrogen and oxygen atoms in total. The van der Waals surface area contributed by atoms with Crippen LogP contribution >= 0.6 is 35.0 Å². The first-order valence-electron chi connectivity index (χ1n) is 9.50. The number of hydrogen-bond donors (Lipinski definition) is 1. The van der Waals surface area contributed by atoms with Gasteiger partial charge in [0.05, 0.1) is 10.8 Å². The summed E-state index contributed by atoms with van der Waals surface area (Å²) in [6.45, 7) is 0.958. The molecule has 1 aliphatic rings. The fraction of sp³-hybridized carbons (Fsp3) is 0.286. The van der Waals surface area contributed by atoms with Crippen molar-refractivity contribution >= 4 is 46.6 Å². The molecule has 0 bridgehead atoms. The van der Waals surface area contributed by atoms with E-state index >= 15 is 0 Å². The number of halogens is 2. The summed E-state index contributed by atoms with van der Waals surface area (Å²) in [6, 6.07) is 12.9. The van der Waals surface area contributed by atoms with Gasteiger partial charge in [0.2, 0.25) is 5.91 Å². The second-order valence-corrected chi connectivity index (χ2v) is 8.75. The summed E-state index contributed by atoms with van der Waals surface area (Å²) in [7, 11) is 0. The number of anilines is 1. The molecule has 0 saturated heterocycles. The van der Waals surface area contributed by atoms with Crippen LogP contribution in [-0.4, -0.2) is 26.4 Å². The van der Waals surface area contributed by atoms with Gasteiger partial charge in [0.25, 0.3) is 0 Å². The molecular weight excluding hydrogens is 427 g/mol. The zero-order valence-electron chi connectivity index (χ0n) is 15.7. The van der Waals surface area contributed by atoms with Crippen molar-refractivity contribution in [3.63, 3.8) is 0 Å². The lowest BCUT2D eigenvalue weighted by molar-refractivity contribution is -0.113. The van der Waals surface area contributed by atoms with Gasteiger partial charge in [-0.1, -0.05) is 29.6 Å². The van der Waals surface area contributed by atoms with Crippen molar-refractivity contribution in [2.75, 3.05) is 11.1 Å². The van der Waals surface area contributed by atoms with Crippen molar-refractivity contribution in [3.05, 3.63) is 58.3 Å². The molecule has 0 radical (unpaired) electrons. The van der Waals surface area contributed by atoms with Crippen LogP contribution in [0, 0.1) is 0 Å². The van der Waals surface area contributed by atoms with Gasteiger partial charge < -0.3 is 9.88 Å². The molecule has 1 amide bonds. The van der Waals surface area contributed by atoms with Gasteiger partial charge in [-0.05, 0) is 55.3 Å². The Kier molecular flexibility index (Phi) is 6.43. The normalized spacial score (nSPS) is 13.6. The van der Waals surface area contributed by atoms with E-state index in [1.54, 1.807) is 18.2 Å². The molecule has 3 aromatic rings. The van der Waals surface area contributed by atoms with Gasteiger partial charge in [-0.15, -0.1) is 22.0 Å². The van der Waals surface area contributed by atoms with Gasteiger partial charge in [0.1, 0.15) is 5.82 Å². The number of nitrogens with zero attached hydrogens (tertiary/aromatic N) is 3. The minimum absolute atomic E-state index is 0.102. The third-order valence-corrected chi connectivity index (χ3v) is 6.52. The molecule has 0 unspecified atom stereocenters. The van der Waals surface area contributed by atoms with E-state index in [1.807, 2.05) is 24.3 Å². The summed E-state index contributed by atoms with van der Waals surface area (Å²) in [6.07, 6.45) is 4.53. The maximum Gasteiger partial charge on any atom is 0.234 e. The van der Waals surface area contributed by atoms with Crippen LogP contribution in [0.5, 0.6) is 0 Å². The molecule has 1 N–H and O–H groups in total. The molecule has 8 heteroatoms. The predicted molar refractivity (Wildman–Crippen MR) is 119 cm³/mol. The molecular formula is C21H20Cl2N4OS. The van der Waals surface area contributed by atoms with Crippen molar-refractivity contribution in [1.29, 1.82) is 0 Å². The second kappa shape index (κ2) is 9.20. The molecule has 29 heavy (non-hydrogen) atoms. The number of nitrogens with one attached hydrogen (secondary N) is 1. The molecule has 1 aromatic heterocycles. The highest BCUT2D eigenvalue weighted by atomic mass is 35.5. The Bertz CT molecular complexity index is 1020. The first-order valence-corrected chi connectivity index (χ1v) is 11.2. The number of carbonyl (C=O) groups excluding carboxylic acids is 1. The third-order valence-electron chi connectivity index (χ3n) is 4.79. The number of hydrogen-bond acceptors (Lipinski definition) is 4. The summed E-state index contributed by atoms with van der Waals surface area (Å²) in [5.41, 5.74) is 1.75. The van der Waals surface area contributed by atoms with Crippen LogP contribution in [-0.2, 0) is 17.8 Å². The minimum atomic E-state index is -0.102. The maximum atomic E-state index is 12.3. The van der Waals surface area contributed by atoms with Gasteiger partial charge in [0.15, 0.2) is 5.82 Å². The smallest absolute Gasteiger partial charge is 0.234 e. The van der Waals surface area contributed by atoms with Gasteiger partial charge in [-0.2, -0.15) is 0 Å². The average molecular weight is 447 g/mol. The van der Waals surface area contributed by atoms with Crippen molar-refractivity contribution < 1.29 is 4.79 Å². The largest absolute Gasteiger partial charge is 0.325 e. The number of aromatic nitrogens is 3. The molecule has 1 aliphatic heterocycles. The molecule has 0 saturated carbocycles. The fourth-order valence-electron chi connectivity index (χ4n) is 3.33. The van der Waals surface area contributed by atoms with E-state index in [4.69, 9.17) is 23.2 Å². The Labute approximate surface area is 183 Å². The van der Waals surface area contributed by atoms with Crippen molar-refractivity contribution in [3.8, 4) is 11.4 Å². The standard InChI is InChI=1S/C21H20Cl2N4OS/c22-15-7-10-17(23)18(12-15)29-13-20(28)24-16-8-5-14(6-9-16)21-26-25-19-4-2-1-3-11-27(19)21/h5-10,12H,1-4,11,13H2,(H,24,28). The van der Waals surface area contributed by atoms with Crippen LogP contribution in [0.3, 0.4) is 0 Å². The van der Waals surface area contributed by atoms with Crippen LogP contribution in [0.1, 0.15) is 25.1 Å². The SMILES string of the molecule is O=C(CSc1cc(Cl)ccc1Cl)Nc1ccc(-c2nnc3n2CCCCC3)cc1. The third kappa shape index (κ3) is 4.94. The molecule has 0 aliphatic carbocycles. The van der Waals surface area contributed by atoms with E-state index in [0.717, 1.165) is 47.2 Å². The lowest BCUT2D eigenvalue weighted by Crippen LogP contribution is -2.14. The molecule has 4 rings (SSSR count). The quantitative estimate of drug-likeness (QED) is 0.509. The fourth-order valence-corrected chi connectivity index (χ4v) is 4.62. The number of aryl methyl sites for hydroxylation is 1. The summed E-state index contributed by atoms with van der Waals surface area (Å²) in [4.78, 5) is 13.1. The Morgan fingerprint density at radius 3 is 2.72 bits per heavy atom. The van der Waals surface area contributed by atoms with Crippen LogP contribution in [0.2, 0.25) is 10.0 Å². The van der Waals surface area contributed by atoms with Gasteiger partial charge >= 0.3 is 0 Å². The van der Waals surface area contributed by atoms with Gasteiger partial charge in [-0.25, -0.2) is 0 Å². The number of carbonyl (C=O) groups is 1. The Morgan fingerprint density at radius 2 is 1.90 bits per heavy atom. The lowest BCUT2D eigenvalue weighted by atomic mass is 10.2. The lowest BCUT2D eigenvalue weighted by Gasteiger charge is -2.09. The summed E-state index contributed by atoms with van der Waals surface area (Å²) < 4.78 is 2.21. The van der Waals surface area contributed by atoms with E-state index in [2.05, 4.69) is 20.1 Å². The highest BCUT2D eigenvalue weighted by molar-refractivity contribution is 8.00. The predicted octanol–water partition coefficient (Wildman–Crippen LogP) is 5.71. The Morgan fingerprint density at radius 1 is 1.07 bits per heavy atom. The topological polar surface area (TPSA) is 59.8 Å².